The Bertz CT molecular complexity index is 713. The van der Waals surface area contributed by atoms with Crippen molar-refractivity contribution >= 4 is 35.6 Å². The maximum absolute atomic E-state index is 12.5. The number of carboxylic acids is 3. The molecule has 0 aromatic heterocycles. The van der Waals surface area contributed by atoms with Gasteiger partial charge in [0, 0.05) is 12.8 Å². The molecule has 0 saturated carbocycles. The van der Waals surface area contributed by atoms with Crippen molar-refractivity contribution < 1.29 is 54.3 Å². The Hall–Kier alpha value is -3.30. The molecule has 182 valence electrons. The molecule has 32 heavy (non-hydrogen) atoms. The molecule has 15 nitrogen and oxygen atoms in total. The van der Waals surface area contributed by atoms with Crippen molar-refractivity contribution in [1.82, 2.24) is 16.0 Å². The van der Waals surface area contributed by atoms with Gasteiger partial charge in [-0.05, 0) is 19.8 Å². The zero-order chi connectivity index (χ0) is 25.0. The van der Waals surface area contributed by atoms with Crippen LogP contribution in [0.25, 0.3) is 0 Å². The number of nitrogens with one attached hydrogen (secondary N) is 3. The molecule has 0 fully saturated rings. The van der Waals surface area contributed by atoms with Crippen LogP contribution < -0.4 is 21.7 Å². The van der Waals surface area contributed by atoms with Crippen LogP contribution in [0.1, 0.15) is 32.6 Å². The SMILES string of the molecule is CC(O)C(NC(=O)C(CCC(=O)O)NC(=O)C(N)CO)C(=O)NC(CCC(=O)O)C(=O)O. The summed E-state index contributed by atoms with van der Waals surface area (Å²) in [5, 5.41) is 51.6. The molecule has 0 aliphatic heterocycles. The van der Waals surface area contributed by atoms with Crippen molar-refractivity contribution in [1.29, 1.82) is 0 Å². The van der Waals surface area contributed by atoms with E-state index in [0.29, 0.717) is 0 Å². The minimum atomic E-state index is -1.72. The lowest BCUT2D eigenvalue weighted by Crippen LogP contribution is -2.60. The highest BCUT2D eigenvalue weighted by Crippen LogP contribution is 2.04. The number of carbonyl (C=O) groups excluding carboxylic acids is 3. The molecular weight excluding hydrogens is 436 g/mol. The summed E-state index contributed by atoms with van der Waals surface area (Å²) < 4.78 is 0. The van der Waals surface area contributed by atoms with Gasteiger partial charge in [-0.15, -0.1) is 0 Å². The maximum Gasteiger partial charge on any atom is 0.326 e. The number of aliphatic hydroxyl groups is 2. The predicted molar refractivity (Wildman–Crippen MR) is 104 cm³/mol. The van der Waals surface area contributed by atoms with Crippen LogP contribution >= 0.6 is 0 Å². The Balaban J connectivity index is 5.42. The minimum absolute atomic E-state index is 0.421. The maximum atomic E-state index is 12.5. The number of aliphatic hydroxyl groups excluding tert-OH is 2. The topological polar surface area (TPSA) is 266 Å². The first-order valence-electron chi connectivity index (χ1n) is 9.42. The Morgan fingerprint density at radius 2 is 1.25 bits per heavy atom. The van der Waals surface area contributed by atoms with E-state index in [1.165, 1.54) is 0 Å². The van der Waals surface area contributed by atoms with E-state index < -0.39 is 98.2 Å². The van der Waals surface area contributed by atoms with Gasteiger partial charge in [0.15, 0.2) is 0 Å². The lowest BCUT2D eigenvalue weighted by Gasteiger charge is -2.26. The van der Waals surface area contributed by atoms with Crippen LogP contribution in [0, 0.1) is 0 Å². The molecule has 0 heterocycles. The molecule has 15 heteroatoms. The lowest BCUT2D eigenvalue weighted by molar-refractivity contribution is -0.144. The molecular formula is C17H28N4O11. The standard InChI is InChI=1S/C17H28N4O11/c1-7(23)13(16(30)20-10(17(31)32)3-5-12(26)27)21-15(29)9(2-4-11(24)25)19-14(28)8(18)6-22/h7-10,13,22-23H,2-6,18H2,1H3,(H,19,28)(H,20,30)(H,21,29)(H,24,25)(H,26,27)(H,31,32). The van der Waals surface area contributed by atoms with Gasteiger partial charge < -0.3 is 47.2 Å². The molecule has 0 saturated heterocycles. The molecule has 0 aliphatic rings. The number of nitrogens with two attached hydrogens (primary N) is 1. The zero-order valence-electron chi connectivity index (χ0n) is 17.2. The van der Waals surface area contributed by atoms with Crippen molar-refractivity contribution in [2.45, 2.75) is 62.9 Å². The van der Waals surface area contributed by atoms with Crippen LogP contribution in [0.5, 0.6) is 0 Å². The predicted octanol–water partition coefficient (Wildman–Crippen LogP) is -4.04. The second-order valence-corrected chi connectivity index (χ2v) is 6.84. The summed E-state index contributed by atoms with van der Waals surface area (Å²) >= 11 is 0. The van der Waals surface area contributed by atoms with E-state index in [2.05, 4.69) is 10.6 Å². The van der Waals surface area contributed by atoms with Crippen LogP contribution in [-0.2, 0) is 28.8 Å². The third-order valence-corrected chi connectivity index (χ3v) is 4.14. The first-order chi connectivity index (χ1) is 14.8. The van der Waals surface area contributed by atoms with E-state index in [0.717, 1.165) is 6.92 Å². The number of hydrogen-bond acceptors (Lipinski definition) is 9. The van der Waals surface area contributed by atoms with Crippen molar-refractivity contribution in [2.24, 2.45) is 5.73 Å². The van der Waals surface area contributed by atoms with Crippen LogP contribution in [0.15, 0.2) is 0 Å². The number of aliphatic carboxylic acids is 3. The summed E-state index contributed by atoms with van der Waals surface area (Å²) in [6, 6.07) is -6.25. The molecule has 0 spiro atoms. The van der Waals surface area contributed by atoms with Gasteiger partial charge in [0.1, 0.15) is 24.2 Å². The summed E-state index contributed by atoms with van der Waals surface area (Å²) in [4.78, 5) is 69.5. The van der Waals surface area contributed by atoms with Gasteiger partial charge >= 0.3 is 17.9 Å². The first-order valence-corrected chi connectivity index (χ1v) is 9.42. The van der Waals surface area contributed by atoms with Crippen molar-refractivity contribution in [3.05, 3.63) is 0 Å². The van der Waals surface area contributed by atoms with Crippen LogP contribution in [0.3, 0.4) is 0 Å². The van der Waals surface area contributed by atoms with Crippen LogP contribution in [-0.4, -0.2) is 98.0 Å². The summed E-state index contributed by atoms with van der Waals surface area (Å²) in [7, 11) is 0. The largest absolute Gasteiger partial charge is 0.481 e. The fraction of sp³-hybridized carbons (Fsp3) is 0.647. The van der Waals surface area contributed by atoms with Crippen molar-refractivity contribution in [3.63, 3.8) is 0 Å². The van der Waals surface area contributed by atoms with Crippen molar-refractivity contribution in [2.75, 3.05) is 6.61 Å². The highest BCUT2D eigenvalue weighted by atomic mass is 16.4. The molecule has 0 bridgehead atoms. The number of amides is 3. The van der Waals surface area contributed by atoms with Crippen molar-refractivity contribution in [3.8, 4) is 0 Å². The van der Waals surface area contributed by atoms with Gasteiger partial charge in [0.25, 0.3) is 0 Å². The number of hydrogen-bond donors (Lipinski definition) is 9. The molecule has 5 unspecified atom stereocenters. The fourth-order valence-electron chi connectivity index (χ4n) is 2.34. The number of carbonyl (C=O) groups is 6. The number of rotatable bonds is 15. The van der Waals surface area contributed by atoms with Gasteiger partial charge in [0.05, 0.1) is 12.7 Å². The van der Waals surface area contributed by atoms with E-state index in [9.17, 15) is 33.9 Å². The summed E-state index contributed by atoms with van der Waals surface area (Å²) in [6.45, 7) is 0.342. The average Bonchev–Trinajstić information content (AvgIpc) is 2.70. The molecule has 0 aliphatic carbocycles. The van der Waals surface area contributed by atoms with Gasteiger partial charge in [-0.1, -0.05) is 0 Å². The second kappa shape index (κ2) is 13.9. The molecule has 3 amide bonds. The van der Waals surface area contributed by atoms with Crippen LogP contribution in [0.2, 0.25) is 0 Å². The third kappa shape index (κ3) is 10.6. The van der Waals surface area contributed by atoms with E-state index in [-0.39, 0.29) is 0 Å². The smallest absolute Gasteiger partial charge is 0.326 e. The monoisotopic (exact) mass is 464 g/mol. The van der Waals surface area contributed by atoms with Gasteiger partial charge in [-0.3, -0.25) is 24.0 Å². The second-order valence-electron chi connectivity index (χ2n) is 6.84. The average molecular weight is 464 g/mol. The lowest BCUT2D eigenvalue weighted by atomic mass is 10.1. The highest BCUT2D eigenvalue weighted by Gasteiger charge is 2.33. The molecule has 0 radical (unpaired) electrons. The Kier molecular flexibility index (Phi) is 12.5. The fourth-order valence-corrected chi connectivity index (χ4v) is 2.34. The Morgan fingerprint density at radius 1 is 0.781 bits per heavy atom. The zero-order valence-corrected chi connectivity index (χ0v) is 17.2. The van der Waals surface area contributed by atoms with Gasteiger partial charge in [-0.25, -0.2) is 4.79 Å². The first kappa shape index (κ1) is 28.7. The summed E-state index contributed by atoms with van der Waals surface area (Å²) in [5.74, 6) is -7.35. The van der Waals surface area contributed by atoms with E-state index in [1.54, 1.807) is 0 Å². The van der Waals surface area contributed by atoms with E-state index in [4.69, 9.17) is 26.2 Å². The van der Waals surface area contributed by atoms with Gasteiger partial charge in [-0.2, -0.15) is 0 Å². The van der Waals surface area contributed by atoms with Gasteiger partial charge in [0.2, 0.25) is 17.7 Å². The minimum Gasteiger partial charge on any atom is -0.481 e. The molecule has 5 atom stereocenters. The quantitative estimate of drug-likeness (QED) is 0.112. The van der Waals surface area contributed by atoms with E-state index in [1.807, 2.05) is 5.32 Å². The Morgan fingerprint density at radius 3 is 1.66 bits per heavy atom. The Labute approximate surface area is 182 Å². The highest BCUT2D eigenvalue weighted by molar-refractivity contribution is 5.94. The summed E-state index contributed by atoms with van der Waals surface area (Å²) in [5.41, 5.74) is 5.34. The van der Waals surface area contributed by atoms with E-state index >= 15 is 0 Å². The molecule has 0 aromatic carbocycles. The normalized spacial score (nSPS) is 15.4. The number of carboxylic acid groups (broad SMARTS) is 3. The third-order valence-electron chi connectivity index (χ3n) is 4.14. The molecule has 10 N–H and O–H groups in total. The molecule has 0 rings (SSSR count). The summed E-state index contributed by atoms with van der Waals surface area (Å²) in [6.07, 6.45) is -3.57. The molecule has 0 aromatic rings. The van der Waals surface area contributed by atoms with Crippen LogP contribution in [0.4, 0.5) is 0 Å².